The third-order valence-corrected chi connectivity index (χ3v) is 8.85. The highest BCUT2D eigenvalue weighted by Gasteiger charge is 2.63. The normalized spacial score (nSPS) is 48.8. The van der Waals surface area contributed by atoms with Crippen molar-refractivity contribution in [1.82, 2.24) is 0 Å². The van der Waals surface area contributed by atoms with Gasteiger partial charge in [0, 0.05) is 10.8 Å². The van der Waals surface area contributed by atoms with Crippen LogP contribution in [0.25, 0.3) is 0 Å². The summed E-state index contributed by atoms with van der Waals surface area (Å²) in [5.41, 5.74) is 1.14. The Kier molecular flexibility index (Phi) is 3.81. The highest BCUT2D eigenvalue weighted by Crippen LogP contribution is 2.65. The first-order chi connectivity index (χ1) is 11.6. The molecule has 25 heavy (non-hydrogen) atoms. The summed E-state index contributed by atoms with van der Waals surface area (Å²) in [6.45, 7) is 5.94. The van der Waals surface area contributed by atoms with E-state index in [1.807, 2.05) is 6.08 Å². The number of carbonyl (C=O) groups is 2. The van der Waals surface area contributed by atoms with Gasteiger partial charge in [-0.25, -0.2) is 0 Å². The van der Waals surface area contributed by atoms with Gasteiger partial charge in [0.2, 0.25) is 0 Å². The van der Waals surface area contributed by atoms with Crippen LogP contribution in [0.4, 0.5) is 0 Å². The van der Waals surface area contributed by atoms with E-state index in [1.54, 1.807) is 0 Å². The molecule has 2 saturated carbocycles. The largest absolute Gasteiger partial charge is 0.381 e. The van der Waals surface area contributed by atoms with Gasteiger partial charge in [-0.3, -0.25) is 9.59 Å². The van der Waals surface area contributed by atoms with Crippen molar-refractivity contribution < 1.29 is 14.7 Å². The molecule has 136 valence electrons. The summed E-state index contributed by atoms with van der Waals surface area (Å²) >= 11 is 3.57. The maximum Gasteiger partial charge on any atom is 0.169 e. The number of rotatable bonds is 1. The molecule has 3 nitrogen and oxygen atoms in total. The van der Waals surface area contributed by atoms with Crippen molar-refractivity contribution in [3.8, 4) is 0 Å². The lowest BCUT2D eigenvalue weighted by atomic mass is 9.50. The number of aliphatic hydroxyl groups is 1. The fourth-order valence-electron chi connectivity index (χ4n) is 6.47. The lowest BCUT2D eigenvalue weighted by Gasteiger charge is -2.54. The molecular formula is C21H27BrO3. The van der Waals surface area contributed by atoms with E-state index in [-0.39, 0.29) is 27.2 Å². The molecule has 0 amide bonds. The maximum absolute atomic E-state index is 12.2. The molecule has 4 aliphatic rings. The molecule has 1 N–H and O–H groups in total. The molecule has 0 aromatic heterocycles. The van der Waals surface area contributed by atoms with Crippen LogP contribution in [0, 0.1) is 22.7 Å². The van der Waals surface area contributed by atoms with Crippen molar-refractivity contribution in [2.24, 2.45) is 22.7 Å². The van der Waals surface area contributed by atoms with E-state index >= 15 is 0 Å². The van der Waals surface area contributed by atoms with Gasteiger partial charge in [-0.05, 0) is 63.4 Å². The van der Waals surface area contributed by atoms with Crippen molar-refractivity contribution >= 4 is 27.5 Å². The molecule has 4 rings (SSSR count). The Bertz CT molecular complexity index is 723. The third-order valence-electron chi connectivity index (χ3n) is 8.08. The van der Waals surface area contributed by atoms with Gasteiger partial charge in [-0.2, -0.15) is 0 Å². The zero-order valence-corrected chi connectivity index (χ0v) is 16.9. The Morgan fingerprint density at radius 2 is 2.04 bits per heavy atom. The van der Waals surface area contributed by atoms with E-state index in [2.05, 4.69) is 35.9 Å². The highest BCUT2D eigenvalue weighted by molar-refractivity contribution is 9.10. The van der Waals surface area contributed by atoms with Crippen LogP contribution >= 0.6 is 15.9 Å². The third kappa shape index (κ3) is 2.13. The van der Waals surface area contributed by atoms with Crippen LogP contribution in [0.1, 0.15) is 59.3 Å². The van der Waals surface area contributed by atoms with Crippen molar-refractivity contribution in [3.05, 3.63) is 23.3 Å². The van der Waals surface area contributed by atoms with Crippen molar-refractivity contribution in [1.29, 1.82) is 0 Å². The molecule has 0 radical (unpaired) electrons. The number of alkyl halides is 1. The van der Waals surface area contributed by atoms with E-state index in [1.165, 1.54) is 18.1 Å². The van der Waals surface area contributed by atoms with E-state index in [9.17, 15) is 14.7 Å². The van der Waals surface area contributed by atoms with Crippen LogP contribution in [-0.4, -0.2) is 27.1 Å². The number of carbonyl (C=O) groups excluding carboxylic acids is 2. The molecule has 6 atom stereocenters. The molecule has 0 spiro atoms. The second kappa shape index (κ2) is 5.39. The average Bonchev–Trinajstić information content (AvgIpc) is 2.82. The Balaban J connectivity index is 1.78. The Hall–Kier alpha value is -0.740. The highest BCUT2D eigenvalue weighted by atomic mass is 79.9. The first-order valence-electron chi connectivity index (χ1n) is 9.46. The Morgan fingerprint density at radius 1 is 1.32 bits per heavy atom. The van der Waals surface area contributed by atoms with Crippen LogP contribution in [0.2, 0.25) is 0 Å². The van der Waals surface area contributed by atoms with Crippen LogP contribution in [0.15, 0.2) is 23.3 Å². The molecule has 2 fully saturated rings. The first kappa shape index (κ1) is 17.7. The smallest absolute Gasteiger partial charge is 0.169 e. The molecule has 0 heterocycles. The summed E-state index contributed by atoms with van der Waals surface area (Å²) in [5.74, 6) is 0.882. The van der Waals surface area contributed by atoms with E-state index in [4.69, 9.17) is 0 Å². The molecule has 0 aromatic carbocycles. The number of hydrogen-bond donors (Lipinski definition) is 1. The summed E-state index contributed by atoms with van der Waals surface area (Å²) in [6, 6.07) is 0. The molecular weight excluding hydrogens is 380 g/mol. The van der Waals surface area contributed by atoms with Gasteiger partial charge in [-0.15, -0.1) is 0 Å². The van der Waals surface area contributed by atoms with Gasteiger partial charge >= 0.3 is 0 Å². The summed E-state index contributed by atoms with van der Waals surface area (Å²) in [6.07, 6.45) is 9.23. The second-order valence-electron chi connectivity index (χ2n) is 9.06. The predicted molar refractivity (Wildman–Crippen MR) is 100 cm³/mol. The topological polar surface area (TPSA) is 54.4 Å². The SMILES string of the molecule is CC(=O)[C@@]1(O)CC[C@H]2[C@@H]3CCC4=CC(=O)C(Br)C[C@]4(C)C3=CC[C@@]21C. The number of hydrogen-bond acceptors (Lipinski definition) is 3. The van der Waals surface area contributed by atoms with E-state index in [0.29, 0.717) is 18.3 Å². The minimum absolute atomic E-state index is 0.0523. The number of Topliss-reactive ketones (excluding diaryl/α,β-unsaturated/α-hetero) is 1. The molecule has 0 bridgehead atoms. The Morgan fingerprint density at radius 3 is 2.72 bits per heavy atom. The lowest BCUT2D eigenvalue weighted by Crippen LogP contribution is -2.54. The van der Waals surface area contributed by atoms with Gasteiger partial charge in [0.1, 0.15) is 5.60 Å². The van der Waals surface area contributed by atoms with E-state index in [0.717, 1.165) is 32.1 Å². The summed E-state index contributed by atoms with van der Waals surface area (Å²) in [5, 5.41) is 11.1. The number of ketones is 2. The van der Waals surface area contributed by atoms with Crippen LogP contribution in [0.3, 0.4) is 0 Å². The first-order valence-corrected chi connectivity index (χ1v) is 10.4. The number of halogens is 1. The second-order valence-corrected chi connectivity index (χ2v) is 10.2. The standard InChI is InChI=1S/C21H27BrO3/c1-12(23)21(25)9-7-16-14-5-4-13-10-18(24)17(22)11-19(13,2)15(14)6-8-20(16,21)3/h6,10,14,16-17,25H,4-5,7-9,11H2,1-3H3/t14-,16+,17?,19+,20+,21+/m1/s1. The summed E-state index contributed by atoms with van der Waals surface area (Å²) in [4.78, 5) is 24.3. The van der Waals surface area contributed by atoms with Crippen LogP contribution in [-0.2, 0) is 9.59 Å². The van der Waals surface area contributed by atoms with Gasteiger partial charge in [-0.1, -0.05) is 47.0 Å². The number of allylic oxidation sites excluding steroid dienone is 4. The molecule has 0 aliphatic heterocycles. The van der Waals surface area contributed by atoms with Crippen molar-refractivity contribution in [3.63, 3.8) is 0 Å². The average molecular weight is 407 g/mol. The van der Waals surface area contributed by atoms with Gasteiger partial charge in [0.15, 0.2) is 11.6 Å². The molecule has 0 aromatic rings. The number of fused-ring (bicyclic) bond motifs is 5. The van der Waals surface area contributed by atoms with Crippen molar-refractivity contribution in [2.45, 2.75) is 69.7 Å². The van der Waals surface area contributed by atoms with Crippen LogP contribution in [0.5, 0.6) is 0 Å². The summed E-state index contributed by atoms with van der Waals surface area (Å²) in [7, 11) is 0. The predicted octanol–water partition coefficient (Wildman–Crippen LogP) is 4.13. The minimum Gasteiger partial charge on any atom is -0.381 e. The minimum atomic E-state index is -1.18. The summed E-state index contributed by atoms with van der Waals surface area (Å²) < 4.78 is 0. The lowest BCUT2D eigenvalue weighted by molar-refractivity contribution is -0.150. The molecule has 1 unspecified atom stereocenters. The van der Waals surface area contributed by atoms with Gasteiger partial charge in [0.05, 0.1) is 4.83 Å². The molecule has 4 heteroatoms. The molecule has 4 aliphatic carbocycles. The molecule has 0 saturated heterocycles. The monoisotopic (exact) mass is 406 g/mol. The fourth-order valence-corrected chi connectivity index (χ4v) is 7.25. The van der Waals surface area contributed by atoms with Gasteiger partial charge < -0.3 is 5.11 Å². The van der Waals surface area contributed by atoms with E-state index < -0.39 is 5.60 Å². The quantitative estimate of drug-likeness (QED) is 0.525. The van der Waals surface area contributed by atoms with Gasteiger partial charge in [0.25, 0.3) is 0 Å². The fraction of sp³-hybridized carbons (Fsp3) is 0.714. The van der Waals surface area contributed by atoms with Crippen LogP contribution < -0.4 is 0 Å². The Labute approximate surface area is 158 Å². The zero-order chi connectivity index (χ0) is 18.2. The maximum atomic E-state index is 12.2. The zero-order valence-electron chi connectivity index (χ0n) is 15.3. The van der Waals surface area contributed by atoms with Crippen molar-refractivity contribution in [2.75, 3.05) is 0 Å².